The molecule has 0 spiro atoms. The molecule has 0 N–H and O–H groups in total. The van der Waals surface area contributed by atoms with Crippen LogP contribution >= 0.6 is 0 Å². The van der Waals surface area contributed by atoms with Crippen molar-refractivity contribution in [3.63, 3.8) is 0 Å². The van der Waals surface area contributed by atoms with Crippen LogP contribution in [-0.4, -0.2) is 40.8 Å². The Morgan fingerprint density at radius 3 is 2.39 bits per heavy atom. The van der Waals surface area contributed by atoms with Crippen LogP contribution in [0.3, 0.4) is 0 Å². The molecule has 10 heteroatoms. The third kappa shape index (κ3) is 4.24. The number of rotatable bonds is 6. The van der Waals surface area contributed by atoms with E-state index in [1.165, 1.54) is 18.2 Å². The summed E-state index contributed by atoms with van der Waals surface area (Å²) in [4.78, 5) is 49.2. The fraction of sp³-hybridized carbons (Fsp3) is 0.192. The molecule has 0 radical (unpaired) electrons. The number of carbonyl (C=O) groups excluding carboxylic acids is 3. The maximum atomic E-state index is 12.6. The first-order valence-corrected chi connectivity index (χ1v) is 11.2. The van der Waals surface area contributed by atoms with E-state index in [9.17, 15) is 24.5 Å². The molecule has 2 aliphatic heterocycles. The number of nitro benzene ring substituents is 1. The molecule has 0 fully saturated rings. The summed E-state index contributed by atoms with van der Waals surface area (Å²) in [6, 6.07) is 16.5. The maximum absolute atomic E-state index is 12.6. The second-order valence-corrected chi connectivity index (χ2v) is 8.22. The molecule has 0 aliphatic carbocycles. The molecule has 0 unspecified atom stereocenters. The summed E-state index contributed by atoms with van der Waals surface area (Å²) in [6.07, 6.45) is 0.173. The molecule has 10 nitrogen and oxygen atoms in total. The van der Waals surface area contributed by atoms with Crippen LogP contribution in [0.25, 0.3) is 0 Å². The molecule has 2 aliphatic rings. The molecule has 3 aromatic carbocycles. The molecule has 5 rings (SSSR count). The fourth-order valence-electron chi connectivity index (χ4n) is 4.16. The van der Waals surface area contributed by atoms with Gasteiger partial charge < -0.3 is 14.2 Å². The Balaban J connectivity index is 1.18. The van der Waals surface area contributed by atoms with Gasteiger partial charge in [-0.05, 0) is 41.8 Å². The summed E-state index contributed by atoms with van der Waals surface area (Å²) in [5.41, 5.74) is 1.66. The third-order valence-corrected chi connectivity index (χ3v) is 6.00. The van der Waals surface area contributed by atoms with Gasteiger partial charge in [0.1, 0.15) is 18.8 Å². The van der Waals surface area contributed by atoms with Crippen LogP contribution in [-0.2, 0) is 18.0 Å². The monoisotopic (exact) mass is 488 g/mol. The van der Waals surface area contributed by atoms with Gasteiger partial charge in [-0.2, -0.15) is 0 Å². The molecule has 0 aromatic heterocycles. The first kappa shape index (κ1) is 23.0. The van der Waals surface area contributed by atoms with Crippen LogP contribution in [0.5, 0.6) is 11.5 Å². The summed E-state index contributed by atoms with van der Waals surface area (Å²) >= 11 is 0. The number of amides is 2. The molecule has 2 amide bonds. The fourth-order valence-corrected chi connectivity index (χ4v) is 4.16. The molecule has 0 saturated heterocycles. The topological polar surface area (TPSA) is 125 Å². The average Bonchev–Trinajstić information content (AvgIpc) is 3.12. The highest BCUT2D eigenvalue weighted by Gasteiger charge is 2.40. The summed E-state index contributed by atoms with van der Waals surface area (Å²) in [6.45, 7) is 0.619. The highest BCUT2D eigenvalue weighted by atomic mass is 16.6. The number of carbonyl (C=O) groups is 3. The van der Waals surface area contributed by atoms with Gasteiger partial charge in [-0.1, -0.05) is 30.3 Å². The average molecular weight is 488 g/mol. The van der Waals surface area contributed by atoms with Crippen molar-refractivity contribution in [3.8, 4) is 11.5 Å². The van der Waals surface area contributed by atoms with Gasteiger partial charge in [0.25, 0.3) is 17.5 Å². The molecule has 0 atom stereocenters. The van der Waals surface area contributed by atoms with Gasteiger partial charge >= 0.3 is 5.97 Å². The van der Waals surface area contributed by atoms with E-state index in [-0.39, 0.29) is 36.3 Å². The Morgan fingerprint density at radius 2 is 1.67 bits per heavy atom. The van der Waals surface area contributed by atoms with Crippen molar-refractivity contribution in [1.82, 2.24) is 4.90 Å². The van der Waals surface area contributed by atoms with Crippen molar-refractivity contribution in [2.24, 2.45) is 0 Å². The van der Waals surface area contributed by atoms with E-state index in [1.54, 1.807) is 18.2 Å². The van der Waals surface area contributed by atoms with Crippen LogP contribution in [0.1, 0.15) is 48.6 Å². The zero-order chi connectivity index (χ0) is 25.2. The smallest absolute Gasteiger partial charge is 0.338 e. The summed E-state index contributed by atoms with van der Waals surface area (Å²) in [7, 11) is 0. The highest BCUT2D eigenvalue weighted by Crippen LogP contribution is 2.33. The van der Waals surface area contributed by atoms with E-state index < -0.39 is 28.4 Å². The number of ether oxygens (including phenoxy) is 3. The van der Waals surface area contributed by atoms with Crippen LogP contribution in [0.2, 0.25) is 0 Å². The molecular formula is C26H20N2O8. The van der Waals surface area contributed by atoms with Crippen molar-refractivity contribution < 1.29 is 33.5 Å². The number of fused-ring (bicyclic) bond motifs is 3. The third-order valence-electron chi connectivity index (χ3n) is 6.00. The van der Waals surface area contributed by atoms with Crippen molar-refractivity contribution in [1.29, 1.82) is 0 Å². The molecule has 3 aromatic rings. The van der Waals surface area contributed by atoms with Crippen molar-refractivity contribution in [2.75, 3.05) is 13.2 Å². The van der Waals surface area contributed by atoms with E-state index in [4.69, 9.17) is 14.2 Å². The summed E-state index contributed by atoms with van der Waals surface area (Å²) < 4.78 is 17.0. The molecule has 182 valence electrons. The van der Waals surface area contributed by atoms with Crippen molar-refractivity contribution >= 4 is 23.5 Å². The molecular weight excluding hydrogens is 468 g/mol. The van der Waals surface area contributed by atoms with Crippen LogP contribution in [0.4, 0.5) is 5.69 Å². The highest BCUT2D eigenvalue weighted by molar-refractivity contribution is 6.23. The number of hydrogen-bond acceptors (Lipinski definition) is 8. The van der Waals surface area contributed by atoms with Gasteiger partial charge in [-0.3, -0.25) is 24.6 Å². The van der Waals surface area contributed by atoms with Crippen molar-refractivity contribution in [3.05, 3.63) is 98.6 Å². The van der Waals surface area contributed by atoms with E-state index in [0.29, 0.717) is 24.7 Å². The number of nitro groups is 1. The molecule has 2 heterocycles. The van der Waals surface area contributed by atoms with Gasteiger partial charge in [0.15, 0.2) is 11.5 Å². The largest absolute Gasteiger partial charge is 0.485 e. The number of benzene rings is 3. The van der Waals surface area contributed by atoms with Gasteiger partial charge in [-0.15, -0.1) is 0 Å². The van der Waals surface area contributed by atoms with Crippen molar-refractivity contribution in [2.45, 2.75) is 19.6 Å². The SMILES string of the molecule is O=C(OCCCN1C(=O)c2cccc([N+](=O)[O-])c2C1=O)c1ccc2c(c1)OCc1ccccc1CO2. The lowest BCUT2D eigenvalue weighted by Crippen LogP contribution is -2.31. The predicted molar refractivity (Wildman–Crippen MR) is 125 cm³/mol. The van der Waals surface area contributed by atoms with Gasteiger partial charge in [-0.25, -0.2) is 4.79 Å². The van der Waals surface area contributed by atoms with E-state index in [1.807, 2.05) is 24.3 Å². The number of esters is 1. The van der Waals surface area contributed by atoms with Crippen LogP contribution < -0.4 is 9.47 Å². The molecule has 36 heavy (non-hydrogen) atoms. The van der Waals surface area contributed by atoms with Gasteiger partial charge in [0.2, 0.25) is 0 Å². The molecule has 0 bridgehead atoms. The Hall–Kier alpha value is -4.73. The van der Waals surface area contributed by atoms with Crippen LogP contribution in [0.15, 0.2) is 60.7 Å². The summed E-state index contributed by atoms with van der Waals surface area (Å²) in [5.74, 6) is -0.992. The quantitative estimate of drug-likeness (QED) is 0.168. The maximum Gasteiger partial charge on any atom is 0.338 e. The molecule has 0 saturated carbocycles. The Kier molecular flexibility index (Phi) is 6.07. The number of imide groups is 1. The summed E-state index contributed by atoms with van der Waals surface area (Å²) in [5, 5.41) is 11.2. The Morgan fingerprint density at radius 1 is 0.944 bits per heavy atom. The second kappa shape index (κ2) is 9.49. The normalized spacial score (nSPS) is 13.9. The second-order valence-electron chi connectivity index (χ2n) is 8.22. The Bertz CT molecular complexity index is 1400. The lowest BCUT2D eigenvalue weighted by atomic mass is 10.1. The lowest BCUT2D eigenvalue weighted by molar-refractivity contribution is -0.385. The first-order valence-electron chi connectivity index (χ1n) is 11.2. The zero-order valence-corrected chi connectivity index (χ0v) is 19.0. The first-order chi connectivity index (χ1) is 17.4. The standard InChI is InChI=1S/C26H20N2O8/c29-24-19-7-3-8-20(28(32)33)23(19)25(30)27(24)11-4-12-34-26(31)16-9-10-21-22(13-16)36-15-18-6-2-1-5-17(18)14-35-21/h1-3,5-10,13H,4,11-12,14-15H2. The van der Waals surface area contributed by atoms with Crippen LogP contribution in [0, 0.1) is 10.1 Å². The minimum Gasteiger partial charge on any atom is -0.485 e. The minimum absolute atomic E-state index is 0.00295. The van der Waals surface area contributed by atoms with E-state index in [0.717, 1.165) is 16.0 Å². The van der Waals surface area contributed by atoms with Gasteiger partial charge in [0.05, 0.1) is 22.7 Å². The predicted octanol–water partition coefficient (Wildman–Crippen LogP) is 3.91. The minimum atomic E-state index is -0.728. The lowest BCUT2D eigenvalue weighted by Gasteiger charge is -2.19. The number of hydrogen-bond donors (Lipinski definition) is 0. The zero-order valence-electron chi connectivity index (χ0n) is 19.0. The van der Waals surface area contributed by atoms with Gasteiger partial charge in [0, 0.05) is 12.6 Å². The Labute approximate surface area is 205 Å². The van der Waals surface area contributed by atoms with E-state index in [2.05, 4.69) is 0 Å². The van der Waals surface area contributed by atoms with E-state index >= 15 is 0 Å². The number of nitrogens with zero attached hydrogens (tertiary/aromatic N) is 2.